The summed E-state index contributed by atoms with van der Waals surface area (Å²) in [7, 11) is 0. The molecule has 0 aliphatic rings. The highest BCUT2D eigenvalue weighted by Crippen LogP contribution is 2.16. The molecule has 0 bridgehead atoms. The molecule has 6 heteroatoms. The van der Waals surface area contributed by atoms with Crippen molar-refractivity contribution in [3.63, 3.8) is 0 Å². The number of hydrogen-bond donors (Lipinski definition) is 4. The number of amides is 1. The number of rotatable bonds is 6. The molecule has 0 heterocycles. The van der Waals surface area contributed by atoms with Crippen LogP contribution in [0.1, 0.15) is 5.56 Å². The van der Waals surface area contributed by atoms with Crippen LogP contribution in [0.5, 0.6) is 0 Å². The second-order valence-corrected chi connectivity index (χ2v) is 4.51. The minimum Gasteiger partial charge on any atom is -0.394 e. The molecule has 1 rings (SSSR count). The molecule has 0 saturated carbocycles. The number of nitrogens with one attached hydrogen (secondary N) is 1. The summed E-state index contributed by atoms with van der Waals surface area (Å²) < 4.78 is 0. The van der Waals surface area contributed by atoms with Crippen molar-refractivity contribution in [2.45, 2.75) is 5.54 Å². The van der Waals surface area contributed by atoms with E-state index in [1.807, 2.05) is 0 Å². The van der Waals surface area contributed by atoms with Gasteiger partial charge >= 0.3 is 0 Å². The largest absolute Gasteiger partial charge is 0.394 e. The average molecular weight is 286 g/mol. The van der Waals surface area contributed by atoms with Crippen molar-refractivity contribution in [1.29, 1.82) is 0 Å². The van der Waals surface area contributed by atoms with Gasteiger partial charge in [0.05, 0.1) is 19.8 Å². The maximum absolute atomic E-state index is 11.6. The van der Waals surface area contributed by atoms with E-state index in [2.05, 4.69) is 5.32 Å². The van der Waals surface area contributed by atoms with E-state index in [-0.39, 0.29) is 0 Å². The average Bonchev–Trinajstić information content (AvgIpc) is 2.44. The van der Waals surface area contributed by atoms with Crippen LogP contribution >= 0.6 is 11.6 Å². The summed E-state index contributed by atoms with van der Waals surface area (Å²) in [5.41, 5.74) is -0.760. The third-order valence-electron chi connectivity index (χ3n) is 2.62. The zero-order chi connectivity index (χ0) is 14.3. The molecule has 0 unspecified atom stereocenters. The number of hydrogen-bond acceptors (Lipinski definition) is 4. The molecular formula is C13H16ClNO4. The van der Waals surface area contributed by atoms with Crippen molar-refractivity contribution in [3.05, 3.63) is 40.9 Å². The standard InChI is InChI=1S/C13H16ClNO4/c14-11-4-2-1-3-10(11)5-6-12(19)15-13(7-16,8-17)9-18/h1-6,16-18H,7-9H2,(H,15,19)/b6-5+. The summed E-state index contributed by atoms with van der Waals surface area (Å²) in [5, 5.41) is 30.1. The predicted octanol–water partition coefficient (Wildman–Crippen LogP) is 0.185. The fraction of sp³-hybridized carbons (Fsp3) is 0.308. The Hall–Kier alpha value is -1.40. The molecular weight excluding hydrogens is 270 g/mol. The van der Waals surface area contributed by atoms with Gasteiger partial charge in [0.25, 0.3) is 0 Å². The Morgan fingerprint density at radius 1 is 1.21 bits per heavy atom. The lowest BCUT2D eigenvalue weighted by Crippen LogP contribution is -2.56. The topological polar surface area (TPSA) is 89.8 Å². The van der Waals surface area contributed by atoms with Gasteiger partial charge in [-0.3, -0.25) is 4.79 Å². The van der Waals surface area contributed by atoms with Crippen LogP contribution in [-0.4, -0.2) is 46.6 Å². The summed E-state index contributed by atoms with van der Waals surface area (Å²) >= 11 is 5.92. The van der Waals surface area contributed by atoms with Gasteiger partial charge in [0, 0.05) is 11.1 Å². The van der Waals surface area contributed by atoms with Crippen LogP contribution in [0.4, 0.5) is 0 Å². The fourth-order valence-corrected chi connectivity index (χ4v) is 1.55. The van der Waals surface area contributed by atoms with Gasteiger partial charge in [0.15, 0.2) is 0 Å². The van der Waals surface area contributed by atoms with Crippen molar-refractivity contribution < 1.29 is 20.1 Å². The smallest absolute Gasteiger partial charge is 0.244 e. The SMILES string of the molecule is O=C(/C=C/c1ccccc1Cl)NC(CO)(CO)CO. The minimum absolute atomic E-state index is 0.504. The third-order valence-corrected chi connectivity index (χ3v) is 2.96. The molecule has 5 nitrogen and oxygen atoms in total. The summed E-state index contributed by atoms with van der Waals surface area (Å²) in [5.74, 6) is -0.544. The normalized spacial score (nSPS) is 11.8. The third kappa shape index (κ3) is 4.33. The molecule has 0 spiro atoms. The van der Waals surface area contributed by atoms with Gasteiger partial charge in [-0.15, -0.1) is 0 Å². The zero-order valence-corrected chi connectivity index (χ0v) is 11.0. The molecule has 0 aliphatic carbocycles. The van der Waals surface area contributed by atoms with E-state index in [1.165, 1.54) is 12.2 Å². The monoisotopic (exact) mass is 285 g/mol. The van der Waals surface area contributed by atoms with Crippen LogP contribution in [0.2, 0.25) is 5.02 Å². The Morgan fingerprint density at radius 3 is 2.32 bits per heavy atom. The van der Waals surface area contributed by atoms with E-state index in [1.54, 1.807) is 24.3 Å². The number of aliphatic hydroxyl groups excluding tert-OH is 3. The Morgan fingerprint density at radius 2 is 1.79 bits per heavy atom. The quantitative estimate of drug-likeness (QED) is 0.562. The minimum atomic E-state index is -1.43. The van der Waals surface area contributed by atoms with E-state index in [0.717, 1.165) is 0 Å². The van der Waals surface area contributed by atoms with E-state index in [0.29, 0.717) is 10.6 Å². The lowest BCUT2D eigenvalue weighted by atomic mass is 10.0. The first-order chi connectivity index (χ1) is 9.06. The molecule has 0 radical (unpaired) electrons. The van der Waals surface area contributed by atoms with Gasteiger partial charge < -0.3 is 20.6 Å². The summed E-state index contributed by atoms with van der Waals surface area (Å²) in [4.78, 5) is 11.6. The number of carbonyl (C=O) groups is 1. The molecule has 4 N–H and O–H groups in total. The van der Waals surface area contributed by atoms with Crippen molar-refractivity contribution in [2.75, 3.05) is 19.8 Å². The predicted molar refractivity (Wildman–Crippen MR) is 72.6 cm³/mol. The molecule has 19 heavy (non-hydrogen) atoms. The molecule has 0 atom stereocenters. The van der Waals surface area contributed by atoms with Crippen LogP contribution in [0.3, 0.4) is 0 Å². The summed E-state index contributed by atoms with van der Waals surface area (Å²) in [6.45, 7) is -1.69. The van der Waals surface area contributed by atoms with E-state index in [4.69, 9.17) is 26.9 Å². The summed E-state index contributed by atoms with van der Waals surface area (Å²) in [6, 6.07) is 6.99. The number of aliphatic hydroxyl groups is 3. The molecule has 1 aromatic carbocycles. The molecule has 0 aliphatic heterocycles. The lowest BCUT2D eigenvalue weighted by Gasteiger charge is -2.27. The summed E-state index contributed by atoms with van der Waals surface area (Å²) in [6.07, 6.45) is 2.73. The van der Waals surface area contributed by atoms with Gasteiger partial charge in [-0.05, 0) is 17.7 Å². The Labute approximate surface area is 116 Å². The van der Waals surface area contributed by atoms with E-state index >= 15 is 0 Å². The second-order valence-electron chi connectivity index (χ2n) is 4.10. The van der Waals surface area contributed by atoms with Crippen LogP contribution in [0.25, 0.3) is 6.08 Å². The maximum atomic E-state index is 11.6. The molecule has 0 aromatic heterocycles. The van der Waals surface area contributed by atoms with Gasteiger partial charge in [0.2, 0.25) is 5.91 Å². The highest BCUT2D eigenvalue weighted by molar-refractivity contribution is 6.32. The second kappa shape index (κ2) is 7.25. The van der Waals surface area contributed by atoms with E-state index in [9.17, 15) is 4.79 Å². The Bertz CT molecular complexity index is 449. The first-order valence-electron chi connectivity index (χ1n) is 5.64. The molecule has 1 aromatic rings. The highest BCUT2D eigenvalue weighted by Gasteiger charge is 2.29. The van der Waals surface area contributed by atoms with Crippen LogP contribution in [0, 0.1) is 0 Å². The first kappa shape index (κ1) is 15.7. The molecule has 0 fully saturated rings. The Kier molecular flexibility index (Phi) is 5.98. The highest BCUT2D eigenvalue weighted by atomic mass is 35.5. The van der Waals surface area contributed by atoms with E-state index < -0.39 is 31.3 Å². The number of benzene rings is 1. The van der Waals surface area contributed by atoms with Gasteiger partial charge in [-0.2, -0.15) is 0 Å². The zero-order valence-electron chi connectivity index (χ0n) is 10.2. The molecule has 104 valence electrons. The van der Waals surface area contributed by atoms with Gasteiger partial charge in [-0.25, -0.2) is 0 Å². The van der Waals surface area contributed by atoms with Crippen LogP contribution < -0.4 is 5.32 Å². The van der Waals surface area contributed by atoms with Crippen molar-refractivity contribution >= 4 is 23.6 Å². The number of halogens is 1. The van der Waals surface area contributed by atoms with Crippen LogP contribution in [-0.2, 0) is 4.79 Å². The van der Waals surface area contributed by atoms with Crippen molar-refractivity contribution in [3.8, 4) is 0 Å². The van der Waals surface area contributed by atoms with Crippen LogP contribution in [0.15, 0.2) is 30.3 Å². The van der Waals surface area contributed by atoms with Crippen molar-refractivity contribution in [1.82, 2.24) is 5.32 Å². The number of carbonyl (C=O) groups excluding carboxylic acids is 1. The first-order valence-corrected chi connectivity index (χ1v) is 6.02. The van der Waals surface area contributed by atoms with Crippen molar-refractivity contribution in [2.24, 2.45) is 0 Å². The maximum Gasteiger partial charge on any atom is 0.244 e. The van der Waals surface area contributed by atoms with Gasteiger partial charge in [-0.1, -0.05) is 29.8 Å². The Balaban J connectivity index is 2.73. The molecule has 0 saturated heterocycles. The fourth-order valence-electron chi connectivity index (χ4n) is 1.35. The van der Waals surface area contributed by atoms with Gasteiger partial charge in [0.1, 0.15) is 5.54 Å². The molecule has 1 amide bonds. The lowest BCUT2D eigenvalue weighted by molar-refractivity contribution is -0.120.